The lowest BCUT2D eigenvalue weighted by atomic mass is 10.1. The van der Waals surface area contributed by atoms with Crippen molar-refractivity contribution in [3.8, 4) is 0 Å². The predicted molar refractivity (Wildman–Crippen MR) is 54.9 cm³/mol. The van der Waals surface area contributed by atoms with Gasteiger partial charge in [0, 0.05) is 25.2 Å². The normalized spacial score (nSPS) is 20.5. The molecule has 0 amide bonds. The summed E-state index contributed by atoms with van der Waals surface area (Å²) in [6, 6.07) is 0. The molecule has 1 aliphatic rings. The van der Waals surface area contributed by atoms with Crippen LogP contribution in [0.3, 0.4) is 0 Å². The number of rotatable bonds is 2. The Kier molecular flexibility index (Phi) is 2.44. The number of carbonyl (C=O) groups excluding carboxylic acids is 2. The zero-order valence-electron chi connectivity index (χ0n) is 8.39. The predicted octanol–water partition coefficient (Wildman–Crippen LogP) is 0.766. The summed E-state index contributed by atoms with van der Waals surface area (Å²) in [5.41, 5.74) is 0. The van der Waals surface area contributed by atoms with Crippen molar-refractivity contribution >= 4 is 28.4 Å². The first kappa shape index (κ1) is 10.1. The van der Waals surface area contributed by atoms with Crippen molar-refractivity contribution < 1.29 is 14.3 Å². The summed E-state index contributed by atoms with van der Waals surface area (Å²) in [7, 11) is 3.75. The Balaban J connectivity index is 2.23. The first-order chi connectivity index (χ1) is 7.08. The van der Waals surface area contributed by atoms with E-state index in [0.717, 1.165) is 10.0 Å². The molecule has 2 heterocycles. The molecule has 0 radical (unpaired) electrons. The fraction of sp³-hybridized carbons (Fsp3) is 0.444. The molecule has 80 valence electrons. The number of thiazole rings is 1. The van der Waals surface area contributed by atoms with Gasteiger partial charge < -0.3 is 9.64 Å². The minimum Gasteiger partial charge on any atom is -0.393 e. The lowest BCUT2D eigenvalue weighted by molar-refractivity contribution is -0.152. The Morgan fingerprint density at radius 2 is 2.27 bits per heavy atom. The van der Waals surface area contributed by atoms with Gasteiger partial charge in [0.25, 0.3) is 0 Å². The molecule has 2 rings (SSSR count). The number of cyclic esters (lactones) is 2. The van der Waals surface area contributed by atoms with Crippen LogP contribution < -0.4 is 4.90 Å². The van der Waals surface area contributed by atoms with Gasteiger partial charge in [0.1, 0.15) is 5.92 Å². The molecule has 15 heavy (non-hydrogen) atoms. The van der Waals surface area contributed by atoms with Crippen LogP contribution in [0.25, 0.3) is 0 Å². The van der Waals surface area contributed by atoms with Crippen LogP contribution in [0.2, 0.25) is 0 Å². The van der Waals surface area contributed by atoms with E-state index in [4.69, 9.17) is 0 Å². The SMILES string of the molecule is CN(C)c1ncc(C2CC(=O)OC2=O)s1. The average Bonchev–Trinajstić information content (AvgIpc) is 2.71. The summed E-state index contributed by atoms with van der Waals surface area (Å²) >= 11 is 1.41. The van der Waals surface area contributed by atoms with Gasteiger partial charge >= 0.3 is 11.9 Å². The standard InChI is InChI=1S/C9H10N2O3S/c1-11(2)9-10-4-6(15-9)5-3-7(12)14-8(5)13/h4-5H,3H2,1-2H3. The van der Waals surface area contributed by atoms with E-state index in [-0.39, 0.29) is 6.42 Å². The zero-order chi connectivity index (χ0) is 11.0. The van der Waals surface area contributed by atoms with E-state index in [0.29, 0.717) is 0 Å². The molecule has 0 bridgehead atoms. The highest BCUT2D eigenvalue weighted by molar-refractivity contribution is 7.15. The van der Waals surface area contributed by atoms with Gasteiger partial charge in [0.05, 0.1) is 6.42 Å². The van der Waals surface area contributed by atoms with Crippen LogP contribution in [0.5, 0.6) is 0 Å². The lowest BCUT2D eigenvalue weighted by Gasteiger charge is -2.05. The first-order valence-corrected chi connectivity index (χ1v) is 5.27. The molecular formula is C9H10N2O3S. The van der Waals surface area contributed by atoms with E-state index < -0.39 is 17.9 Å². The summed E-state index contributed by atoms with van der Waals surface area (Å²) in [6.45, 7) is 0. The highest BCUT2D eigenvalue weighted by atomic mass is 32.1. The Hall–Kier alpha value is -1.43. The third-order valence-electron chi connectivity index (χ3n) is 2.11. The van der Waals surface area contributed by atoms with Gasteiger partial charge in [0.2, 0.25) is 0 Å². The zero-order valence-corrected chi connectivity index (χ0v) is 9.21. The number of carbonyl (C=O) groups is 2. The van der Waals surface area contributed by atoms with E-state index in [2.05, 4.69) is 9.72 Å². The molecule has 1 fully saturated rings. The van der Waals surface area contributed by atoms with Crippen LogP contribution >= 0.6 is 11.3 Å². The van der Waals surface area contributed by atoms with Crippen molar-refractivity contribution in [3.63, 3.8) is 0 Å². The maximum Gasteiger partial charge on any atom is 0.322 e. The van der Waals surface area contributed by atoms with E-state index in [9.17, 15) is 9.59 Å². The number of hydrogen-bond acceptors (Lipinski definition) is 6. The second-order valence-corrected chi connectivity index (χ2v) is 4.53. The minimum atomic E-state index is -0.464. The molecule has 1 aromatic heterocycles. The van der Waals surface area contributed by atoms with E-state index in [1.54, 1.807) is 6.20 Å². The molecule has 1 aromatic rings. The number of esters is 2. The molecule has 0 N–H and O–H groups in total. The second kappa shape index (κ2) is 3.62. The molecule has 0 saturated carbocycles. The van der Waals surface area contributed by atoms with Crippen molar-refractivity contribution in [1.29, 1.82) is 0 Å². The summed E-state index contributed by atoms with van der Waals surface area (Å²) < 4.78 is 4.49. The molecule has 0 spiro atoms. The quantitative estimate of drug-likeness (QED) is 0.550. The monoisotopic (exact) mass is 226 g/mol. The van der Waals surface area contributed by atoms with Crippen molar-refractivity contribution in [2.24, 2.45) is 0 Å². The van der Waals surface area contributed by atoms with Crippen molar-refractivity contribution in [1.82, 2.24) is 4.98 Å². The smallest absolute Gasteiger partial charge is 0.322 e. The molecule has 0 aliphatic carbocycles. The molecule has 1 unspecified atom stereocenters. The van der Waals surface area contributed by atoms with Crippen LogP contribution in [-0.2, 0) is 14.3 Å². The van der Waals surface area contributed by atoms with Gasteiger partial charge in [-0.25, -0.2) is 4.98 Å². The Bertz CT molecular complexity index is 413. The Labute approximate surface area is 90.7 Å². The summed E-state index contributed by atoms with van der Waals surface area (Å²) in [6.07, 6.45) is 1.76. The highest BCUT2D eigenvalue weighted by Gasteiger charge is 2.36. The fourth-order valence-corrected chi connectivity index (χ4v) is 2.26. The van der Waals surface area contributed by atoms with Crippen molar-refractivity contribution in [3.05, 3.63) is 11.1 Å². The minimum absolute atomic E-state index is 0.133. The van der Waals surface area contributed by atoms with Crippen LogP contribution in [0.15, 0.2) is 6.20 Å². The molecule has 6 heteroatoms. The Morgan fingerprint density at radius 3 is 2.73 bits per heavy atom. The summed E-state index contributed by atoms with van der Waals surface area (Å²) in [5.74, 6) is -1.37. The summed E-state index contributed by atoms with van der Waals surface area (Å²) in [5, 5.41) is 0.817. The maximum absolute atomic E-state index is 11.3. The average molecular weight is 226 g/mol. The molecule has 1 atom stereocenters. The number of nitrogens with zero attached hydrogens (tertiary/aromatic N) is 2. The van der Waals surface area contributed by atoms with E-state index >= 15 is 0 Å². The van der Waals surface area contributed by atoms with Gasteiger partial charge in [-0.05, 0) is 0 Å². The topological polar surface area (TPSA) is 59.5 Å². The fourth-order valence-electron chi connectivity index (χ4n) is 1.34. The number of hydrogen-bond donors (Lipinski definition) is 0. The third kappa shape index (κ3) is 1.85. The van der Waals surface area contributed by atoms with Crippen LogP contribution in [0.1, 0.15) is 17.2 Å². The molecule has 1 saturated heterocycles. The third-order valence-corrected chi connectivity index (χ3v) is 3.39. The number of aromatic nitrogens is 1. The molecule has 0 aromatic carbocycles. The molecule has 1 aliphatic heterocycles. The van der Waals surface area contributed by atoms with Gasteiger partial charge in [-0.1, -0.05) is 0 Å². The van der Waals surface area contributed by atoms with E-state index in [1.165, 1.54) is 11.3 Å². The van der Waals surface area contributed by atoms with Crippen molar-refractivity contribution in [2.75, 3.05) is 19.0 Å². The number of ether oxygens (including phenoxy) is 1. The Morgan fingerprint density at radius 1 is 1.53 bits per heavy atom. The van der Waals surface area contributed by atoms with Crippen molar-refractivity contribution in [2.45, 2.75) is 12.3 Å². The lowest BCUT2D eigenvalue weighted by Crippen LogP contribution is -2.07. The van der Waals surface area contributed by atoms with Gasteiger partial charge in [-0.2, -0.15) is 0 Å². The van der Waals surface area contributed by atoms with Gasteiger partial charge in [-0.15, -0.1) is 11.3 Å². The maximum atomic E-state index is 11.3. The van der Waals surface area contributed by atoms with Gasteiger partial charge in [0.15, 0.2) is 5.13 Å². The summed E-state index contributed by atoms with van der Waals surface area (Å²) in [4.78, 5) is 29.0. The molecule has 5 nitrogen and oxygen atoms in total. The van der Waals surface area contributed by atoms with Crippen LogP contribution in [0.4, 0.5) is 5.13 Å². The van der Waals surface area contributed by atoms with Gasteiger partial charge in [-0.3, -0.25) is 9.59 Å². The number of anilines is 1. The molecular weight excluding hydrogens is 216 g/mol. The largest absolute Gasteiger partial charge is 0.393 e. The second-order valence-electron chi connectivity index (χ2n) is 3.49. The van der Waals surface area contributed by atoms with E-state index in [1.807, 2.05) is 19.0 Å². The highest BCUT2D eigenvalue weighted by Crippen LogP contribution is 2.33. The van der Waals surface area contributed by atoms with Crippen LogP contribution in [-0.4, -0.2) is 31.0 Å². The van der Waals surface area contributed by atoms with Crippen LogP contribution in [0, 0.1) is 0 Å². The first-order valence-electron chi connectivity index (χ1n) is 4.45.